The summed E-state index contributed by atoms with van der Waals surface area (Å²) in [5.74, 6) is -1.98. The molecule has 0 spiro atoms. The maximum Gasteiger partial charge on any atom is 0.232 e. The molecule has 45 heavy (non-hydrogen) atoms. The largest absolute Gasteiger partial charge is 0.459 e. The molecule has 2 unspecified atom stereocenters. The van der Waals surface area contributed by atoms with Gasteiger partial charge in [0.1, 0.15) is 11.5 Å². The third-order valence-electron chi connectivity index (χ3n) is 8.74. The minimum atomic E-state index is -1.53. The Hall–Kier alpha value is -5.16. The topological polar surface area (TPSA) is 58.9 Å². The predicted molar refractivity (Wildman–Crippen MR) is 177 cm³/mol. The van der Waals surface area contributed by atoms with Crippen molar-refractivity contribution in [2.75, 3.05) is 0 Å². The Morgan fingerprint density at radius 3 is 1.24 bits per heavy atom. The molecule has 0 saturated carbocycles. The Morgan fingerprint density at radius 2 is 0.822 bits per heavy atom. The van der Waals surface area contributed by atoms with Gasteiger partial charge in [-0.05, 0) is 57.6 Å². The smallest absolute Gasteiger partial charge is 0.232 e. The first-order chi connectivity index (χ1) is 21.8. The van der Waals surface area contributed by atoms with Gasteiger partial charge in [0.15, 0.2) is 0 Å². The van der Waals surface area contributed by atoms with Crippen molar-refractivity contribution < 1.29 is 19.7 Å². The molecular weight excluding hydrogens is 556 g/mol. The van der Waals surface area contributed by atoms with Crippen LogP contribution in [-0.2, 0) is 17.0 Å². The van der Waals surface area contributed by atoms with Gasteiger partial charge in [-0.25, -0.2) is 0 Å². The van der Waals surface area contributed by atoms with Crippen molar-refractivity contribution in [1.82, 2.24) is 0 Å². The molecule has 1 aliphatic carbocycles. The van der Waals surface area contributed by atoms with Crippen molar-refractivity contribution in [2.24, 2.45) is 0 Å². The first-order valence-electron chi connectivity index (χ1n) is 15.1. The summed E-state index contributed by atoms with van der Waals surface area (Å²) < 4.78 is 12.6. The van der Waals surface area contributed by atoms with E-state index in [0.717, 1.165) is 33.4 Å². The first-order valence-corrected chi connectivity index (χ1v) is 15.1. The van der Waals surface area contributed by atoms with Crippen molar-refractivity contribution in [3.05, 3.63) is 191 Å². The highest BCUT2D eigenvalue weighted by molar-refractivity contribution is 5.86. The summed E-state index contributed by atoms with van der Waals surface area (Å²) in [7, 11) is 0. The van der Waals surface area contributed by atoms with Gasteiger partial charge in [-0.2, -0.15) is 0 Å². The third kappa shape index (κ3) is 4.98. The summed E-state index contributed by atoms with van der Waals surface area (Å²) in [6.45, 7) is 3.31. The quantitative estimate of drug-likeness (QED) is 0.174. The average molecular weight is 591 g/mol. The maximum absolute atomic E-state index is 11.4. The van der Waals surface area contributed by atoms with Crippen LogP contribution >= 0.6 is 0 Å². The average Bonchev–Trinajstić information content (AvgIpc) is 3.37. The van der Waals surface area contributed by atoms with E-state index in [1.165, 1.54) is 0 Å². The molecule has 6 aromatic carbocycles. The molecule has 0 bridgehead atoms. The Kier molecular flexibility index (Phi) is 7.04. The van der Waals surface area contributed by atoms with E-state index in [2.05, 4.69) is 60.7 Å². The lowest BCUT2D eigenvalue weighted by Gasteiger charge is -2.35. The van der Waals surface area contributed by atoms with E-state index in [9.17, 15) is 10.2 Å². The van der Waals surface area contributed by atoms with E-state index in [0.29, 0.717) is 22.6 Å². The van der Waals surface area contributed by atoms with Crippen LogP contribution in [0.5, 0.6) is 11.5 Å². The summed E-state index contributed by atoms with van der Waals surface area (Å²) in [6.07, 6.45) is 0. The summed E-state index contributed by atoms with van der Waals surface area (Å²) >= 11 is 0. The van der Waals surface area contributed by atoms with Crippen molar-refractivity contribution in [3.8, 4) is 22.6 Å². The van der Waals surface area contributed by atoms with Gasteiger partial charge >= 0.3 is 0 Å². The van der Waals surface area contributed by atoms with Gasteiger partial charge in [0.05, 0.1) is 5.41 Å². The number of benzene rings is 6. The van der Waals surface area contributed by atoms with Gasteiger partial charge in [0.2, 0.25) is 11.6 Å². The molecule has 1 aliphatic rings. The van der Waals surface area contributed by atoms with Gasteiger partial charge in [-0.3, -0.25) is 0 Å². The fourth-order valence-corrected chi connectivity index (χ4v) is 6.68. The van der Waals surface area contributed by atoms with Crippen LogP contribution in [0.1, 0.15) is 47.2 Å². The van der Waals surface area contributed by atoms with E-state index < -0.39 is 17.0 Å². The highest BCUT2D eigenvalue weighted by Crippen LogP contribution is 2.56. The molecule has 0 aromatic heterocycles. The second kappa shape index (κ2) is 11.1. The summed E-state index contributed by atoms with van der Waals surface area (Å²) in [5, 5.41) is 22.7. The number of fused-ring (bicyclic) bond motifs is 3. The Balaban J connectivity index is 1.40. The SMILES string of the molecule is CC(O)(Oc1cccc(C2(c3cccc(OC(C)(O)c4ccccc4)c3)c3ccccc3-c3ccccc32)c1)c1ccccc1. The Bertz CT molecular complexity index is 1820. The van der Waals surface area contributed by atoms with Gasteiger partial charge in [0.25, 0.3) is 0 Å². The zero-order chi connectivity index (χ0) is 31.1. The standard InChI is InChI=1S/C41H34O4/c1-39(42,29-15-5-3-6-16-29)44-33-21-13-19-31(27-33)41(37-25-11-9-23-35(37)36-24-10-12-26-38(36)41)32-20-14-22-34(28-32)45-40(2,43)30-17-7-4-8-18-30/h3-28,42-43H,1-2H3. The van der Waals surface area contributed by atoms with E-state index in [1.54, 1.807) is 13.8 Å². The van der Waals surface area contributed by atoms with Gasteiger partial charge in [-0.1, -0.05) is 133 Å². The van der Waals surface area contributed by atoms with E-state index in [4.69, 9.17) is 9.47 Å². The predicted octanol–water partition coefficient (Wildman–Crippen LogP) is 8.54. The van der Waals surface area contributed by atoms with E-state index >= 15 is 0 Å². The van der Waals surface area contributed by atoms with Crippen LogP contribution in [0, 0.1) is 0 Å². The number of aliphatic hydroxyl groups is 2. The lowest BCUT2D eigenvalue weighted by Crippen LogP contribution is -2.31. The highest BCUT2D eigenvalue weighted by atomic mass is 16.6. The summed E-state index contributed by atoms with van der Waals surface area (Å²) in [5.41, 5.74) is 7.12. The normalized spacial score (nSPS) is 15.6. The molecule has 0 saturated heterocycles. The molecule has 7 rings (SSSR count). The fraction of sp³-hybridized carbons (Fsp3) is 0.122. The zero-order valence-corrected chi connectivity index (χ0v) is 25.2. The molecule has 0 radical (unpaired) electrons. The van der Waals surface area contributed by atoms with Crippen molar-refractivity contribution in [1.29, 1.82) is 0 Å². The molecule has 0 aliphatic heterocycles. The van der Waals surface area contributed by atoms with Crippen molar-refractivity contribution in [2.45, 2.75) is 30.8 Å². The lowest BCUT2D eigenvalue weighted by atomic mass is 9.67. The molecule has 4 nitrogen and oxygen atoms in total. The molecule has 0 fully saturated rings. The van der Waals surface area contributed by atoms with Gasteiger partial charge < -0.3 is 19.7 Å². The number of ether oxygens (including phenoxy) is 2. The Labute approximate surface area is 263 Å². The van der Waals surface area contributed by atoms with Crippen LogP contribution in [0.15, 0.2) is 158 Å². The van der Waals surface area contributed by atoms with Crippen LogP contribution in [0.4, 0.5) is 0 Å². The van der Waals surface area contributed by atoms with E-state index in [-0.39, 0.29) is 0 Å². The van der Waals surface area contributed by atoms with Crippen LogP contribution in [-0.4, -0.2) is 10.2 Å². The molecule has 0 amide bonds. The second-order valence-corrected chi connectivity index (χ2v) is 11.8. The number of rotatable bonds is 8. The zero-order valence-electron chi connectivity index (χ0n) is 25.2. The maximum atomic E-state index is 11.4. The van der Waals surface area contributed by atoms with Gasteiger partial charge in [-0.15, -0.1) is 0 Å². The van der Waals surface area contributed by atoms with Crippen molar-refractivity contribution >= 4 is 0 Å². The third-order valence-corrected chi connectivity index (χ3v) is 8.74. The van der Waals surface area contributed by atoms with Crippen LogP contribution in [0.2, 0.25) is 0 Å². The number of hydrogen-bond donors (Lipinski definition) is 2. The molecule has 4 heteroatoms. The van der Waals surface area contributed by atoms with Crippen LogP contribution in [0.3, 0.4) is 0 Å². The molecule has 222 valence electrons. The minimum Gasteiger partial charge on any atom is -0.459 e. The van der Waals surface area contributed by atoms with Gasteiger partial charge in [0, 0.05) is 25.0 Å². The van der Waals surface area contributed by atoms with Crippen molar-refractivity contribution in [3.63, 3.8) is 0 Å². The van der Waals surface area contributed by atoms with Crippen LogP contribution < -0.4 is 9.47 Å². The summed E-state index contributed by atoms with van der Waals surface area (Å²) in [6, 6.07) is 51.7. The van der Waals surface area contributed by atoms with Crippen LogP contribution in [0.25, 0.3) is 11.1 Å². The highest BCUT2D eigenvalue weighted by Gasteiger charge is 2.46. The monoisotopic (exact) mass is 590 g/mol. The van der Waals surface area contributed by atoms with E-state index in [1.807, 2.05) is 97.1 Å². The molecule has 2 atom stereocenters. The lowest BCUT2D eigenvalue weighted by molar-refractivity contribution is -0.129. The second-order valence-electron chi connectivity index (χ2n) is 11.8. The molecular formula is C41H34O4. The molecule has 0 heterocycles. The first kappa shape index (κ1) is 28.6. The Morgan fingerprint density at radius 1 is 0.444 bits per heavy atom. The summed E-state index contributed by atoms with van der Waals surface area (Å²) in [4.78, 5) is 0. The molecule has 2 N–H and O–H groups in total. The minimum absolute atomic E-state index is 0.544. The number of hydrogen-bond acceptors (Lipinski definition) is 4. The molecule has 6 aromatic rings. The fourth-order valence-electron chi connectivity index (χ4n) is 6.68.